The van der Waals surface area contributed by atoms with Crippen LogP contribution in [0.3, 0.4) is 0 Å². The Bertz CT molecular complexity index is 1100. The molecule has 0 saturated heterocycles. The summed E-state index contributed by atoms with van der Waals surface area (Å²) in [5, 5.41) is 12.7. The van der Waals surface area contributed by atoms with Gasteiger partial charge < -0.3 is 24.8 Å². The quantitative estimate of drug-likeness (QED) is 0.502. The molecule has 1 aliphatic rings. The number of anilines is 1. The third-order valence-electron chi connectivity index (χ3n) is 5.23. The van der Waals surface area contributed by atoms with Crippen molar-refractivity contribution in [2.24, 2.45) is 0 Å². The van der Waals surface area contributed by atoms with Crippen LogP contribution in [-0.2, 0) is 13.2 Å². The minimum absolute atomic E-state index is 0.0636. The lowest BCUT2D eigenvalue weighted by Gasteiger charge is -2.23. The minimum atomic E-state index is -0.307. The van der Waals surface area contributed by atoms with Gasteiger partial charge in [0.1, 0.15) is 18.2 Å². The highest BCUT2D eigenvalue weighted by Crippen LogP contribution is 2.32. The lowest BCUT2D eigenvalue weighted by molar-refractivity contribution is 0.206. The maximum atomic E-state index is 13.3. The number of halogens is 1. The summed E-state index contributed by atoms with van der Waals surface area (Å²) < 4.78 is 24.3. The standard InChI is InChI=1S/C25H25FN2O4/c1-31-24-13-17(8-11-23(24)29)15-28(21-9-10-21)25(30)27-20-6-3-7-22(14-20)32-16-18-4-2-5-19(26)12-18/h2-8,11-14,21,29H,9-10,15-16H2,1H3,(H,27,30). The van der Waals surface area contributed by atoms with Crippen LogP contribution in [0, 0.1) is 5.82 Å². The third kappa shape index (κ3) is 5.49. The second-order valence-electron chi connectivity index (χ2n) is 7.74. The molecule has 0 spiro atoms. The fraction of sp³-hybridized carbons (Fsp3) is 0.240. The molecule has 2 amide bonds. The molecule has 1 saturated carbocycles. The highest BCUT2D eigenvalue weighted by molar-refractivity contribution is 5.90. The van der Waals surface area contributed by atoms with Crippen LogP contribution >= 0.6 is 0 Å². The number of methoxy groups -OCH3 is 1. The zero-order valence-electron chi connectivity index (χ0n) is 17.8. The number of nitrogens with zero attached hydrogens (tertiary/aromatic N) is 1. The van der Waals surface area contributed by atoms with E-state index in [4.69, 9.17) is 9.47 Å². The number of carbonyl (C=O) groups excluding carboxylic acids is 1. The molecule has 1 fully saturated rings. The van der Waals surface area contributed by atoms with Crippen molar-refractivity contribution < 1.29 is 23.8 Å². The number of hydrogen-bond donors (Lipinski definition) is 2. The first-order valence-corrected chi connectivity index (χ1v) is 10.4. The Balaban J connectivity index is 1.41. The first kappa shape index (κ1) is 21.5. The first-order valence-electron chi connectivity index (χ1n) is 10.4. The number of aromatic hydroxyl groups is 1. The molecule has 0 unspecified atom stereocenters. The van der Waals surface area contributed by atoms with E-state index in [1.165, 1.54) is 19.2 Å². The van der Waals surface area contributed by atoms with Gasteiger partial charge in [-0.1, -0.05) is 24.3 Å². The van der Waals surface area contributed by atoms with E-state index in [0.29, 0.717) is 23.7 Å². The summed E-state index contributed by atoms with van der Waals surface area (Å²) in [7, 11) is 1.49. The molecule has 4 rings (SSSR count). The Morgan fingerprint density at radius 3 is 2.66 bits per heavy atom. The van der Waals surface area contributed by atoms with Gasteiger partial charge in [0.05, 0.1) is 7.11 Å². The van der Waals surface area contributed by atoms with Crippen LogP contribution in [0.15, 0.2) is 66.7 Å². The predicted molar refractivity (Wildman–Crippen MR) is 119 cm³/mol. The molecule has 0 atom stereocenters. The Kier molecular flexibility index (Phi) is 6.44. The Morgan fingerprint density at radius 1 is 1.09 bits per heavy atom. The molecule has 1 aliphatic carbocycles. The van der Waals surface area contributed by atoms with E-state index >= 15 is 0 Å². The number of carbonyl (C=O) groups is 1. The topological polar surface area (TPSA) is 71.0 Å². The van der Waals surface area contributed by atoms with Crippen molar-refractivity contribution in [1.29, 1.82) is 0 Å². The summed E-state index contributed by atoms with van der Waals surface area (Å²) in [6.07, 6.45) is 1.92. The van der Waals surface area contributed by atoms with Crippen LogP contribution in [-0.4, -0.2) is 29.2 Å². The number of phenolic OH excluding ortho intramolecular Hbond substituents is 1. The molecular formula is C25H25FN2O4. The summed E-state index contributed by atoms with van der Waals surface area (Å²) in [6.45, 7) is 0.634. The molecule has 166 valence electrons. The van der Waals surface area contributed by atoms with Gasteiger partial charge in [0.15, 0.2) is 11.5 Å². The zero-order chi connectivity index (χ0) is 22.5. The summed E-state index contributed by atoms with van der Waals surface area (Å²) in [6, 6.07) is 18.4. The van der Waals surface area contributed by atoms with E-state index in [1.54, 1.807) is 59.5 Å². The van der Waals surface area contributed by atoms with E-state index < -0.39 is 0 Å². The fourth-order valence-electron chi connectivity index (χ4n) is 3.42. The molecule has 32 heavy (non-hydrogen) atoms. The average Bonchev–Trinajstić information content (AvgIpc) is 3.62. The van der Waals surface area contributed by atoms with Crippen molar-refractivity contribution in [3.63, 3.8) is 0 Å². The molecule has 7 heteroatoms. The minimum Gasteiger partial charge on any atom is -0.504 e. The Labute approximate surface area is 186 Å². The second-order valence-corrected chi connectivity index (χ2v) is 7.74. The molecule has 0 radical (unpaired) electrons. The number of rotatable bonds is 8. The van der Waals surface area contributed by atoms with Gasteiger partial charge in [0, 0.05) is 24.3 Å². The monoisotopic (exact) mass is 436 g/mol. The Morgan fingerprint density at radius 2 is 1.91 bits per heavy atom. The molecule has 6 nitrogen and oxygen atoms in total. The lowest BCUT2D eigenvalue weighted by atomic mass is 10.2. The SMILES string of the molecule is COc1cc(CN(C(=O)Nc2cccc(OCc3cccc(F)c3)c2)C2CC2)ccc1O. The molecule has 0 aromatic heterocycles. The number of urea groups is 1. The molecule has 0 heterocycles. The van der Waals surface area contributed by atoms with Crippen molar-refractivity contribution in [2.75, 3.05) is 12.4 Å². The van der Waals surface area contributed by atoms with E-state index in [2.05, 4.69) is 5.32 Å². The molecule has 3 aromatic carbocycles. The van der Waals surface area contributed by atoms with E-state index in [9.17, 15) is 14.3 Å². The van der Waals surface area contributed by atoms with Gasteiger partial charge in [0.25, 0.3) is 0 Å². The highest BCUT2D eigenvalue weighted by Gasteiger charge is 2.32. The number of hydrogen-bond acceptors (Lipinski definition) is 4. The van der Waals surface area contributed by atoms with Gasteiger partial charge in [-0.3, -0.25) is 0 Å². The van der Waals surface area contributed by atoms with E-state index in [1.807, 2.05) is 0 Å². The number of benzene rings is 3. The number of nitrogens with one attached hydrogen (secondary N) is 1. The lowest BCUT2D eigenvalue weighted by Crippen LogP contribution is -2.36. The molecule has 0 bridgehead atoms. The maximum Gasteiger partial charge on any atom is 0.322 e. The average molecular weight is 436 g/mol. The fourth-order valence-corrected chi connectivity index (χ4v) is 3.42. The van der Waals surface area contributed by atoms with Crippen molar-refractivity contribution in [1.82, 2.24) is 4.90 Å². The van der Waals surface area contributed by atoms with Crippen LogP contribution in [0.2, 0.25) is 0 Å². The molecule has 0 aliphatic heterocycles. The summed E-state index contributed by atoms with van der Waals surface area (Å²) in [4.78, 5) is 14.8. The number of ether oxygens (including phenoxy) is 2. The normalized spacial score (nSPS) is 12.8. The van der Waals surface area contributed by atoms with Crippen LogP contribution in [0.25, 0.3) is 0 Å². The summed E-state index contributed by atoms with van der Waals surface area (Å²) >= 11 is 0. The zero-order valence-corrected chi connectivity index (χ0v) is 17.8. The summed E-state index contributed by atoms with van der Waals surface area (Å²) in [5.74, 6) is 0.711. The van der Waals surface area contributed by atoms with Gasteiger partial charge in [0.2, 0.25) is 0 Å². The number of phenols is 1. The Hall–Kier alpha value is -3.74. The largest absolute Gasteiger partial charge is 0.504 e. The smallest absolute Gasteiger partial charge is 0.322 e. The molecule has 3 aromatic rings. The van der Waals surface area contributed by atoms with Crippen molar-refractivity contribution in [2.45, 2.75) is 32.0 Å². The third-order valence-corrected chi connectivity index (χ3v) is 5.23. The highest BCUT2D eigenvalue weighted by atomic mass is 19.1. The first-order chi connectivity index (χ1) is 15.5. The second kappa shape index (κ2) is 9.60. The van der Waals surface area contributed by atoms with E-state index in [0.717, 1.165) is 24.0 Å². The van der Waals surface area contributed by atoms with Crippen LogP contribution in [0.1, 0.15) is 24.0 Å². The molecule has 2 N–H and O–H groups in total. The van der Waals surface area contributed by atoms with Gasteiger partial charge in [-0.05, 0) is 60.4 Å². The van der Waals surface area contributed by atoms with Crippen molar-refractivity contribution >= 4 is 11.7 Å². The van der Waals surface area contributed by atoms with E-state index in [-0.39, 0.29) is 30.2 Å². The summed E-state index contributed by atoms with van der Waals surface area (Å²) in [5.41, 5.74) is 2.21. The molecular weight excluding hydrogens is 411 g/mol. The van der Waals surface area contributed by atoms with Crippen molar-refractivity contribution in [3.8, 4) is 17.2 Å². The maximum absolute atomic E-state index is 13.3. The van der Waals surface area contributed by atoms with Gasteiger partial charge in [-0.2, -0.15) is 0 Å². The van der Waals surface area contributed by atoms with Crippen molar-refractivity contribution in [3.05, 3.63) is 83.7 Å². The van der Waals surface area contributed by atoms with Crippen LogP contribution in [0.4, 0.5) is 14.9 Å². The number of amides is 2. The van der Waals surface area contributed by atoms with Gasteiger partial charge in [-0.25, -0.2) is 9.18 Å². The predicted octanol–water partition coefficient (Wildman–Crippen LogP) is 5.32. The van der Waals surface area contributed by atoms with Crippen LogP contribution < -0.4 is 14.8 Å². The van der Waals surface area contributed by atoms with Gasteiger partial charge >= 0.3 is 6.03 Å². The van der Waals surface area contributed by atoms with Crippen LogP contribution in [0.5, 0.6) is 17.2 Å². The van der Waals surface area contributed by atoms with Gasteiger partial charge in [-0.15, -0.1) is 0 Å².